The van der Waals surface area contributed by atoms with E-state index in [4.69, 9.17) is 18.9 Å². The van der Waals surface area contributed by atoms with E-state index in [9.17, 15) is 9.50 Å². The van der Waals surface area contributed by atoms with Gasteiger partial charge < -0.3 is 28.6 Å². The molecular weight excluding hydrogens is 477 g/mol. The van der Waals surface area contributed by atoms with Gasteiger partial charge in [0.15, 0.2) is 11.5 Å². The van der Waals surface area contributed by atoms with E-state index in [1.54, 1.807) is 19.2 Å². The molecule has 0 aliphatic carbocycles. The summed E-state index contributed by atoms with van der Waals surface area (Å²) in [4.78, 5) is 6.47. The minimum Gasteiger partial charge on any atom is -0.493 e. The second kappa shape index (κ2) is 12.9. The number of hydrogen-bond acceptors (Lipinski definition) is 7. The van der Waals surface area contributed by atoms with Crippen molar-refractivity contribution in [2.45, 2.75) is 38.5 Å². The Labute approximate surface area is 217 Å². The number of nitrogens with zero attached hydrogens (tertiary/aromatic N) is 3. The number of hydrogen-bond donors (Lipinski definition) is 1. The molecule has 37 heavy (non-hydrogen) atoms. The van der Waals surface area contributed by atoms with Gasteiger partial charge in [-0.2, -0.15) is 0 Å². The van der Waals surface area contributed by atoms with Crippen LogP contribution in [0.5, 0.6) is 17.2 Å². The molecule has 1 aliphatic heterocycles. The maximum absolute atomic E-state index is 13.5. The van der Waals surface area contributed by atoms with Gasteiger partial charge >= 0.3 is 0 Å². The first kappa shape index (κ1) is 26.9. The monoisotopic (exact) mass is 513 g/mol. The first-order valence-corrected chi connectivity index (χ1v) is 12.7. The van der Waals surface area contributed by atoms with Gasteiger partial charge in [0.1, 0.15) is 29.6 Å². The van der Waals surface area contributed by atoms with Gasteiger partial charge in [-0.15, -0.1) is 0 Å². The zero-order valence-corrected chi connectivity index (χ0v) is 21.6. The van der Waals surface area contributed by atoms with Crippen LogP contribution in [0, 0.1) is 5.82 Å². The van der Waals surface area contributed by atoms with Gasteiger partial charge in [0, 0.05) is 51.1 Å². The van der Waals surface area contributed by atoms with Gasteiger partial charge in [0.25, 0.3) is 0 Å². The summed E-state index contributed by atoms with van der Waals surface area (Å²) < 4.78 is 38.5. The van der Waals surface area contributed by atoms with Crippen molar-refractivity contribution in [3.05, 3.63) is 72.1 Å². The predicted octanol–water partition coefficient (Wildman–Crippen LogP) is 3.70. The van der Waals surface area contributed by atoms with E-state index >= 15 is 0 Å². The number of β-amino-alcohol motifs (C(OH)–C–C–N with tert-alkyl or cyclic N) is 1. The number of aliphatic hydroxyl groups is 1. The molecule has 0 amide bonds. The fourth-order valence-electron chi connectivity index (χ4n) is 4.46. The van der Waals surface area contributed by atoms with Crippen molar-refractivity contribution in [2.24, 2.45) is 0 Å². The van der Waals surface area contributed by atoms with Gasteiger partial charge in [-0.1, -0.05) is 19.1 Å². The molecule has 0 radical (unpaired) electrons. The SMILES string of the molecule is CCc1nccn1CCCOc1ccc(CN2CCOC[C@](O)(COc3cccc(F)c3)C2)cc1OC. The summed E-state index contributed by atoms with van der Waals surface area (Å²) in [7, 11) is 1.63. The number of aryl methyl sites for hydroxylation is 2. The van der Waals surface area contributed by atoms with E-state index in [-0.39, 0.29) is 19.0 Å². The standard InChI is InChI=1S/C28H36FN3O5/c1-3-27-30-10-12-32(27)11-5-14-36-25-9-8-22(16-26(25)34-2)18-31-13-15-35-20-28(33,19-31)21-37-24-7-4-6-23(29)17-24/h4,6-10,12,16-17,33H,3,5,11,13-15,18-21H2,1-2H3/t28-/m0/s1. The molecule has 0 unspecified atom stereocenters. The Kier molecular flexibility index (Phi) is 9.38. The second-order valence-electron chi connectivity index (χ2n) is 9.31. The molecule has 1 fully saturated rings. The average molecular weight is 514 g/mol. The lowest BCUT2D eigenvalue weighted by atomic mass is 10.1. The third-order valence-electron chi connectivity index (χ3n) is 6.30. The fourth-order valence-corrected chi connectivity index (χ4v) is 4.46. The largest absolute Gasteiger partial charge is 0.493 e. The average Bonchev–Trinajstić information content (AvgIpc) is 3.27. The molecule has 3 aromatic rings. The van der Waals surface area contributed by atoms with Gasteiger partial charge in [-0.3, -0.25) is 4.90 Å². The Hall–Kier alpha value is -3.14. The Morgan fingerprint density at radius 3 is 2.86 bits per heavy atom. The maximum Gasteiger partial charge on any atom is 0.161 e. The quantitative estimate of drug-likeness (QED) is 0.370. The van der Waals surface area contributed by atoms with E-state index in [1.807, 2.05) is 30.6 Å². The lowest BCUT2D eigenvalue weighted by molar-refractivity contribution is -0.0647. The second-order valence-corrected chi connectivity index (χ2v) is 9.31. The van der Waals surface area contributed by atoms with Gasteiger partial charge in [-0.05, 0) is 36.2 Å². The van der Waals surface area contributed by atoms with Crippen molar-refractivity contribution in [1.82, 2.24) is 14.5 Å². The van der Waals surface area contributed by atoms with Crippen LogP contribution < -0.4 is 14.2 Å². The molecule has 200 valence electrons. The third kappa shape index (κ3) is 7.67. The van der Waals surface area contributed by atoms with E-state index in [0.29, 0.717) is 50.1 Å². The summed E-state index contributed by atoms with van der Waals surface area (Å²) >= 11 is 0. The number of ether oxygens (including phenoxy) is 4. The molecule has 9 heteroatoms. The summed E-state index contributed by atoms with van der Waals surface area (Å²) in [5.41, 5.74) is -0.187. The first-order valence-electron chi connectivity index (χ1n) is 12.7. The number of rotatable bonds is 12. The topological polar surface area (TPSA) is 78.2 Å². The van der Waals surface area contributed by atoms with E-state index in [1.165, 1.54) is 12.1 Å². The Morgan fingerprint density at radius 2 is 2.05 bits per heavy atom. The molecule has 4 rings (SSSR count). The van der Waals surface area contributed by atoms with Crippen LogP contribution >= 0.6 is 0 Å². The highest BCUT2D eigenvalue weighted by Crippen LogP contribution is 2.29. The van der Waals surface area contributed by atoms with Crippen molar-refractivity contribution in [1.29, 1.82) is 0 Å². The van der Waals surface area contributed by atoms with Crippen LogP contribution in [0.4, 0.5) is 4.39 Å². The molecule has 0 bridgehead atoms. The number of methoxy groups -OCH3 is 1. The highest BCUT2D eigenvalue weighted by Gasteiger charge is 2.33. The van der Waals surface area contributed by atoms with Crippen LogP contribution in [-0.4, -0.2) is 71.8 Å². The molecule has 1 N–H and O–H groups in total. The fraction of sp³-hybridized carbons (Fsp3) is 0.464. The summed E-state index contributed by atoms with van der Waals surface area (Å²) in [6, 6.07) is 11.8. The van der Waals surface area contributed by atoms with Gasteiger partial charge in [-0.25, -0.2) is 9.37 Å². The lowest BCUT2D eigenvalue weighted by Gasteiger charge is -2.30. The highest BCUT2D eigenvalue weighted by molar-refractivity contribution is 5.43. The van der Waals surface area contributed by atoms with Crippen LogP contribution in [0.1, 0.15) is 24.7 Å². The number of imidazole rings is 1. The number of halogens is 1. The van der Waals surface area contributed by atoms with Gasteiger partial charge in [0.2, 0.25) is 0 Å². The normalized spacial score (nSPS) is 18.4. The molecule has 8 nitrogen and oxygen atoms in total. The zero-order valence-electron chi connectivity index (χ0n) is 21.6. The molecule has 1 aromatic heterocycles. The smallest absolute Gasteiger partial charge is 0.161 e. The first-order chi connectivity index (χ1) is 18.0. The van der Waals surface area contributed by atoms with Crippen LogP contribution in [0.3, 0.4) is 0 Å². The van der Waals surface area contributed by atoms with Crippen molar-refractivity contribution < 1.29 is 28.4 Å². The van der Waals surface area contributed by atoms with Crippen LogP contribution in [0.15, 0.2) is 54.9 Å². The van der Waals surface area contributed by atoms with Crippen molar-refractivity contribution >= 4 is 0 Å². The van der Waals surface area contributed by atoms with E-state index in [0.717, 1.165) is 30.8 Å². The van der Waals surface area contributed by atoms with Crippen LogP contribution in [0.25, 0.3) is 0 Å². The van der Waals surface area contributed by atoms with Crippen molar-refractivity contribution in [3.63, 3.8) is 0 Å². The molecular formula is C28H36FN3O5. The number of aromatic nitrogens is 2. The molecule has 2 heterocycles. The Balaban J connectivity index is 1.31. The lowest BCUT2D eigenvalue weighted by Crippen LogP contribution is -2.48. The van der Waals surface area contributed by atoms with Gasteiger partial charge in [0.05, 0.1) is 26.9 Å². The molecule has 1 aliphatic rings. The predicted molar refractivity (Wildman–Crippen MR) is 138 cm³/mol. The molecule has 0 spiro atoms. The van der Waals surface area contributed by atoms with Crippen LogP contribution in [-0.2, 0) is 24.2 Å². The van der Waals surface area contributed by atoms with Crippen molar-refractivity contribution in [3.8, 4) is 17.2 Å². The Bertz CT molecular complexity index is 1140. The molecule has 1 saturated heterocycles. The summed E-state index contributed by atoms with van der Waals surface area (Å²) in [5, 5.41) is 11.2. The minimum atomic E-state index is -1.22. The van der Waals surface area contributed by atoms with E-state index < -0.39 is 5.60 Å². The van der Waals surface area contributed by atoms with Crippen LogP contribution in [0.2, 0.25) is 0 Å². The highest BCUT2D eigenvalue weighted by atomic mass is 19.1. The minimum absolute atomic E-state index is 0.00186. The summed E-state index contributed by atoms with van der Waals surface area (Å²) in [5.74, 6) is 2.44. The zero-order chi connectivity index (χ0) is 26.1. The molecule has 2 aromatic carbocycles. The Morgan fingerprint density at radius 1 is 1.16 bits per heavy atom. The summed E-state index contributed by atoms with van der Waals surface area (Å²) in [6.07, 6.45) is 5.59. The number of benzene rings is 2. The van der Waals surface area contributed by atoms with Crippen molar-refractivity contribution in [2.75, 3.05) is 46.6 Å². The summed E-state index contributed by atoms with van der Waals surface area (Å²) in [6.45, 7) is 5.79. The third-order valence-corrected chi connectivity index (χ3v) is 6.30. The maximum atomic E-state index is 13.5. The molecule has 0 saturated carbocycles. The molecule has 1 atom stereocenters. The van der Waals surface area contributed by atoms with E-state index in [2.05, 4.69) is 21.4 Å².